The Morgan fingerprint density at radius 3 is 2.41 bits per heavy atom. The van der Waals surface area contributed by atoms with Crippen molar-refractivity contribution in [3.8, 4) is 5.75 Å². The Kier molecular flexibility index (Phi) is 5.25. The second-order valence-electron chi connectivity index (χ2n) is 4.33. The summed E-state index contributed by atoms with van der Waals surface area (Å²) < 4.78 is 5.12. The van der Waals surface area contributed by atoms with E-state index in [2.05, 4.69) is 5.32 Å². The molecule has 3 N–H and O–H groups in total. The topological polar surface area (TPSA) is 81.4 Å². The molecule has 2 rings (SSSR count). The summed E-state index contributed by atoms with van der Waals surface area (Å²) in [7, 11) is 0. The van der Waals surface area contributed by atoms with Crippen LogP contribution in [-0.4, -0.2) is 18.4 Å². The molecule has 0 unspecified atom stereocenters. The van der Waals surface area contributed by atoms with E-state index in [4.69, 9.17) is 33.7 Å². The van der Waals surface area contributed by atoms with Gasteiger partial charge in [0.2, 0.25) is 0 Å². The highest BCUT2D eigenvalue weighted by Gasteiger charge is 2.12. The molecule has 0 spiro atoms. The molecular formula is C15H12Cl2N2O3. The highest BCUT2D eigenvalue weighted by atomic mass is 35.5. The molecule has 0 fully saturated rings. The van der Waals surface area contributed by atoms with Crippen molar-refractivity contribution in [2.75, 3.05) is 11.9 Å². The van der Waals surface area contributed by atoms with Crippen LogP contribution in [0.2, 0.25) is 10.0 Å². The predicted octanol–water partition coefficient (Wildman–Crippen LogP) is 3.11. The maximum absolute atomic E-state index is 12.1. The van der Waals surface area contributed by atoms with E-state index in [0.717, 1.165) is 0 Å². The van der Waals surface area contributed by atoms with Gasteiger partial charge in [-0.15, -0.1) is 0 Å². The van der Waals surface area contributed by atoms with E-state index in [0.29, 0.717) is 16.5 Å². The Morgan fingerprint density at radius 1 is 1.09 bits per heavy atom. The fraction of sp³-hybridized carbons (Fsp3) is 0.0667. The number of carbonyl (C=O) groups is 2. The Balaban J connectivity index is 2.05. The molecule has 0 aliphatic heterocycles. The summed E-state index contributed by atoms with van der Waals surface area (Å²) in [6.45, 7) is -0.205. The molecule has 0 aromatic heterocycles. The number of rotatable bonds is 5. The van der Waals surface area contributed by atoms with Crippen LogP contribution in [0.5, 0.6) is 5.75 Å². The Labute approximate surface area is 137 Å². The Hall–Kier alpha value is -2.24. The van der Waals surface area contributed by atoms with Crippen molar-refractivity contribution in [1.82, 2.24) is 0 Å². The molecule has 0 bridgehead atoms. The quantitative estimate of drug-likeness (QED) is 0.878. The number of primary amides is 1. The normalized spacial score (nSPS) is 10.1. The van der Waals surface area contributed by atoms with Crippen LogP contribution in [0, 0.1) is 0 Å². The first-order valence-corrected chi connectivity index (χ1v) is 6.99. The maximum Gasteiger partial charge on any atom is 0.257 e. The number of benzene rings is 2. The molecule has 0 saturated heterocycles. The number of nitrogens with two attached hydrogens (primary N) is 1. The lowest BCUT2D eigenvalue weighted by Gasteiger charge is -2.09. The lowest BCUT2D eigenvalue weighted by molar-refractivity contribution is -0.119. The number of hydrogen-bond donors (Lipinski definition) is 2. The summed E-state index contributed by atoms with van der Waals surface area (Å²) in [5.74, 6) is -0.469. The van der Waals surface area contributed by atoms with Gasteiger partial charge < -0.3 is 15.8 Å². The van der Waals surface area contributed by atoms with E-state index in [-0.39, 0.29) is 23.1 Å². The van der Waals surface area contributed by atoms with Gasteiger partial charge in [-0.25, -0.2) is 0 Å². The molecule has 0 aliphatic carbocycles. The molecule has 0 saturated carbocycles. The summed E-state index contributed by atoms with van der Waals surface area (Å²) in [5, 5.41) is 3.20. The second kappa shape index (κ2) is 7.15. The van der Waals surface area contributed by atoms with Crippen LogP contribution < -0.4 is 15.8 Å². The zero-order valence-corrected chi connectivity index (χ0v) is 12.8. The van der Waals surface area contributed by atoms with E-state index in [1.165, 1.54) is 0 Å². The fourth-order valence-corrected chi connectivity index (χ4v) is 2.05. The van der Waals surface area contributed by atoms with Crippen molar-refractivity contribution >= 4 is 40.7 Å². The molecule has 22 heavy (non-hydrogen) atoms. The standard InChI is InChI=1S/C15H12Cl2N2O3/c16-12-3-1-2-11(14(12)17)15(21)19-9-4-6-10(7-5-9)22-8-13(18)20/h1-7H,8H2,(H2,18,20)(H,19,21). The van der Waals surface area contributed by atoms with Gasteiger partial charge in [-0.05, 0) is 36.4 Å². The first kappa shape index (κ1) is 16.1. The number of anilines is 1. The molecule has 0 heterocycles. The van der Waals surface area contributed by atoms with Gasteiger partial charge in [0.05, 0.1) is 15.6 Å². The number of amides is 2. The average molecular weight is 339 g/mol. The van der Waals surface area contributed by atoms with Crippen LogP contribution in [0.15, 0.2) is 42.5 Å². The first-order valence-electron chi connectivity index (χ1n) is 6.24. The number of hydrogen-bond acceptors (Lipinski definition) is 3. The van der Waals surface area contributed by atoms with Gasteiger partial charge in [-0.3, -0.25) is 9.59 Å². The van der Waals surface area contributed by atoms with E-state index in [9.17, 15) is 9.59 Å². The molecule has 0 aliphatic rings. The second-order valence-corrected chi connectivity index (χ2v) is 5.12. The van der Waals surface area contributed by atoms with Gasteiger partial charge in [0.25, 0.3) is 11.8 Å². The number of ether oxygens (including phenoxy) is 1. The van der Waals surface area contributed by atoms with Crippen molar-refractivity contribution in [1.29, 1.82) is 0 Å². The van der Waals surface area contributed by atoms with E-state index >= 15 is 0 Å². The molecular weight excluding hydrogens is 327 g/mol. The molecule has 2 amide bonds. The van der Waals surface area contributed by atoms with Crippen LogP contribution in [-0.2, 0) is 4.79 Å². The van der Waals surface area contributed by atoms with Crippen molar-refractivity contribution < 1.29 is 14.3 Å². The summed E-state index contributed by atoms with van der Waals surface area (Å²) in [5.41, 5.74) is 5.81. The largest absolute Gasteiger partial charge is 0.484 e. The Bertz CT molecular complexity index is 702. The number of carbonyl (C=O) groups excluding carboxylic acids is 2. The molecule has 0 atom stereocenters. The van der Waals surface area contributed by atoms with Crippen LogP contribution in [0.3, 0.4) is 0 Å². The van der Waals surface area contributed by atoms with Crippen LogP contribution >= 0.6 is 23.2 Å². The minimum Gasteiger partial charge on any atom is -0.484 e. The third kappa shape index (κ3) is 4.13. The van der Waals surface area contributed by atoms with Crippen LogP contribution in [0.25, 0.3) is 0 Å². The first-order chi connectivity index (χ1) is 10.5. The van der Waals surface area contributed by atoms with E-state index < -0.39 is 5.91 Å². The van der Waals surface area contributed by atoms with E-state index in [1.807, 2.05) is 0 Å². The van der Waals surface area contributed by atoms with Gasteiger partial charge in [0.15, 0.2) is 6.61 Å². The molecule has 114 valence electrons. The number of nitrogens with one attached hydrogen (secondary N) is 1. The minimum atomic E-state index is -0.562. The SMILES string of the molecule is NC(=O)COc1ccc(NC(=O)c2cccc(Cl)c2Cl)cc1. The maximum atomic E-state index is 12.1. The highest BCUT2D eigenvalue weighted by molar-refractivity contribution is 6.44. The highest BCUT2D eigenvalue weighted by Crippen LogP contribution is 2.26. The Morgan fingerprint density at radius 2 is 1.77 bits per heavy atom. The van der Waals surface area contributed by atoms with Gasteiger partial charge in [-0.1, -0.05) is 29.3 Å². The summed E-state index contributed by atoms with van der Waals surface area (Å²) >= 11 is 11.9. The van der Waals surface area contributed by atoms with Gasteiger partial charge in [-0.2, -0.15) is 0 Å². The smallest absolute Gasteiger partial charge is 0.257 e. The van der Waals surface area contributed by atoms with Crippen molar-refractivity contribution in [3.05, 3.63) is 58.1 Å². The van der Waals surface area contributed by atoms with Gasteiger partial charge in [0.1, 0.15) is 5.75 Å². The van der Waals surface area contributed by atoms with Crippen molar-refractivity contribution in [2.24, 2.45) is 5.73 Å². The average Bonchev–Trinajstić information content (AvgIpc) is 2.49. The van der Waals surface area contributed by atoms with Gasteiger partial charge >= 0.3 is 0 Å². The van der Waals surface area contributed by atoms with Crippen molar-refractivity contribution in [2.45, 2.75) is 0 Å². The molecule has 7 heteroatoms. The number of halogens is 2. The predicted molar refractivity (Wildman–Crippen MR) is 85.5 cm³/mol. The molecule has 0 radical (unpaired) electrons. The zero-order valence-electron chi connectivity index (χ0n) is 11.3. The molecule has 5 nitrogen and oxygen atoms in total. The third-order valence-electron chi connectivity index (χ3n) is 2.69. The summed E-state index contributed by atoms with van der Waals surface area (Å²) in [4.78, 5) is 22.8. The molecule has 2 aromatic rings. The monoisotopic (exact) mass is 338 g/mol. The molecule has 2 aromatic carbocycles. The summed E-state index contributed by atoms with van der Waals surface area (Å²) in [6, 6.07) is 11.3. The third-order valence-corrected chi connectivity index (χ3v) is 3.51. The fourth-order valence-electron chi connectivity index (χ4n) is 1.67. The van der Waals surface area contributed by atoms with E-state index in [1.54, 1.807) is 42.5 Å². The van der Waals surface area contributed by atoms with Crippen LogP contribution in [0.4, 0.5) is 5.69 Å². The van der Waals surface area contributed by atoms with Crippen LogP contribution in [0.1, 0.15) is 10.4 Å². The lowest BCUT2D eigenvalue weighted by atomic mass is 10.2. The van der Waals surface area contributed by atoms with Crippen molar-refractivity contribution in [3.63, 3.8) is 0 Å². The summed E-state index contributed by atoms with van der Waals surface area (Å²) in [6.07, 6.45) is 0. The van der Waals surface area contributed by atoms with Gasteiger partial charge in [0, 0.05) is 5.69 Å². The lowest BCUT2D eigenvalue weighted by Crippen LogP contribution is -2.20. The zero-order chi connectivity index (χ0) is 16.1. The minimum absolute atomic E-state index is 0.197.